The van der Waals surface area contributed by atoms with E-state index in [1.54, 1.807) is 19.4 Å². The number of nitrogens with one attached hydrogen (secondary N) is 2. The van der Waals surface area contributed by atoms with Gasteiger partial charge in [-0.2, -0.15) is 8.42 Å². The largest absolute Gasteiger partial charge is 0.497 e. The summed E-state index contributed by atoms with van der Waals surface area (Å²) in [6, 6.07) is 9.52. The average Bonchev–Trinajstić information content (AvgIpc) is 3.14. The first-order valence-corrected chi connectivity index (χ1v) is 9.11. The predicted molar refractivity (Wildman–Crippen MR) is 97.6 cm³/mol. The Morgan fingerprint density at radius 1 is 1.15 bits per heavy atom. The first kappa shape index (κ1) is 16.4. The minimum absolute atomic E-state index is 0.265. The van der Waals surface area contributed by atoms with Crippen molar-refractivity contribution in [3.05, 3.63) is 53.7 Å². The minimum atomic E-state index is -4.36. The molecule has 1 aliphatic heterocycles. The zero-order chi connectivity index (χ0) is 18.5. The fraction of sp³-hybridized carbons (Fsp3) is 0.0556. The van der Waals surface area contributed by atoms with Crippen LogP contribution in [0.5, 0.6) is 5.75 Å². The molecule has 1 aliphatic rings. The highest BCUT2D eigenvalue weighted by Crippen LogP contribution is 2.36. The van der Waals surface area contributed by atoms with Crippen LogP contribution in [-0.2, 0) is 14.9 Å². The van der Waals surface area contributed by atoms with Gasteiger partial charge in [-0.1, -0.05) is 0 Å². The van der Waals surface area contributed by atoms with Crippen molar-refractivity contribution in [2.24, 2.45) is 0 Å². The molecule has 0 radical (unpaired) electrons. The van der Waals surface area contributed by atoms with Crippen LogP contribution in [0.3, 0.4) is 0 Å². The molecule has 1 aromatic heterocycles. The Kier molecular flexibility index (Phi) is 3.60. The Bertz CT molecular complexity index is 1190. The molecule has 0 saturated carbocycles. The van der Waals surface area contributed by atoms with E-state index in [1.807, 2.05) is 18.2 Å². The topological polar surface area (TPSA) is 108 Å². The van der Waals surface area contributed by atoms with Gasteiger partial charge in [0.1, 0.15) is 5.75 Å². The third kappa shape index (κ3) is 2.65. The Morgan fingerprint density at radius 2 is 1.96 bits per heavy atom. The molecule has 4 rings (SSSR count). The van der Waals surface area contributed by atoms with Crippen molar-refractivity contribution in [3.8, 4) is 5.75 Å². The van der Waals surface area contributed by atoms with Crippen LogP contribution in [0, 0.1) is 0 Å². The number of amides is 1. The van der Waals surface area contributed by atoms with E-state index < -0.39 is 10.1 Å². The number of fused-ring (bicyclic) bond motifs is 2. The molecule has 7 nitrogen and oxygen atoms in total. The van der Waals surface area contributed by atoms with Gasteiger partial charge in [-0.25, -0.2) is 0 Å². The van der Waals surface area contributed by atoms with Crippen LogP contribution in [0.4, 0.5) is 5.69 Å². The Balaban J connectivity index is 1.88. The minimum Gasteiger partial charge on any atom is -0.497 e. The fourth-order valence-electron chi connectivity index (χ4n) is 2.99. The van der Waals surface area contributed by atoms with E-state index in [2.05, 4.69) is 10.3 Å². The van der Waals surface area contributed by atoms with Gasteiger partial charge in [0.05, 0.1) is 12.0 Å². The smallest absolute Gasteiger partial charge is 0.294 e. The molecule has 0 spiro atoms. The predicted octanol–water partition coefficient (Wildman–Crippen LogP) is 2.92. The lowest BCUT2D eigenvalue weighted by Gasteiger charge is -2.02. The molecule has 0 atom stereocenters. The van der Waals surface area contributed by atoms with Crippen LogP contribution in [0.15, 0.2) is 47.5 Å². The number of hydrogen-bond donors (Lipinski definition) is 3. The molecule has 0 fully saturated rings. The summed E-state index contributed by atoms with van der Waals surface area (Å²) in [7, 11) is -2.79. The van der Waals surface area contributed by atoms with Crippen LogP contribution >= 0.6 is 0 Å². The molecule has 0 unspecified atom stereocenters. The molecule has 0 bridgehead atoms. The highest BCUT2D eigenvalue weighted by Gasteiger charge is 2.26. The van der Waals surface area contributed by atoms with Crippen LogP contribution < -0.4 is 10.1 Å². The summed E-state index contributed by atoms with van der Waals surface area (Å²) >= 11 is 0. The molecule has 26 heavy (non-hydrogen) atoms. The van der Waals surface area contributed by atoms with Crippen molar-refractivity contribution in [1.82, 2.24) is 4.98 Å². The van der Waals surface area contributed by atoms with E-state index in [-0.39, 0.29) is 10.8 Å². The molecule has 0 aliphatic carbocycles. The van der Waals surface area contributed by atoms with Crippen LogP contribution in [0.25, 0.3) is 22.6 Å². The molecular formula is C18H14N2O5S. The van der Waals surface area contributed by atoms with Gasteiger partial charge in [-0.05, 0) is 42.5 Å². The Labute approximate surface area is 149 Å². The lowest BCUT2D eigenvalue weighted by Crippen LogP contribution is -2.03. The normalized spacial score (nSPS) is 15.3. The number of H-pyrrole nitrogens is 1. The molecule has 3 N–H and O–H groups in total. The molecule has 2 aromatic carbocycles. The summed E-state index contributed by atoms with van der Waals surface area (Å²) in [5.41, 5.74) is 2.86. The number of methoxy groups -OCH3 is 1. The summed E-state index contributed by atoms with van der Waals surface area (Å²) in [5, 5.41) is 3.56. The van der Waals surface area contributed by atoms with E-state index in [0.29, 0.717) is 22.6 Å². The van der Waals surface area contributed by atoms with Crippen molar-refractivity contribution >= 4 is 44.3 Å². The maximum absolute atomic E-state index is 12.4. The SMILES string of the molecule is COc1ccc2[nH]cc(/C=C3/C(=O)Nc4ccc(S(=O)(=O)O)cc43)c2c1. The maximum atomic E-state index is 12.4. The zero-order valence-electron chi connectivity index (χ0n) is 13.6. The first-order valence-electron chi connectivity index (χ1n) is 7.67. The van der Waals surface area contributed by atoms with Crippen molar-refractivity contribution in [2.45, 2.75) is 4.90 Å². The van der Waals surface area contributed by atoms with Crippen molar-refractivity contribution in [2.75, 3.05) is 12.4 Å². The number of anilines is 1. The van der Waals surface area contributed by atoms with Gasteiger partial charge >= 0.3 is 0 Å². The van der Waals surface area contributed by atoms with Crippen LogP contribution in [0.1, 0.15) is 11.1 Å². The number of hydrogen-bond acceptors (Lipinski definition) is 4. The Hall–Kier alpha value is -3.10. The molecule has 132 valence electrons. The highest BCUT2D eigenvalue weighted by atomic mass is 32.2. The van der Waals surface area contributed by atoms with Gasteiger partial charge in [0.15, 0.2) is 0 Å². The quantitative estimate of drug-likeness (QED) is 0.485. The maximum Gasteiger partial charge on any atom is 0.294 e. The number of aromatic nitrogens is 1. The summed E-state index contributed by atoms with van der Waals surface area (Å²) in [6.07, 6.45) is 3.43. The Morgan fingerprint density at radius 3 is 2.69 bits per heavy atom. The standard InChI is InChI=1S/C18H14N2O5S/c1-25-11-2-4-16-13(7-11)10(9-19-16)6-15-14-8-12(26(22,23)24)3-5-17(14)20-18(15)21/h2-9,19H,1H3,(H,20,21)(H,22,23,24)/b15-6+. The van der Waals surface area contributed by atoms with Gasteiger partial charge in [0.25, 0.3) is 16.0 Å². The third-order valence-electron chi connectivity index (χ3n) is 4.29. The van der Waals surface area contributed by atoms with Crippen LogP contribution in [-0.4, -0.2) is 31.0 Å². The number of ether oxygens (including phenoxy) is 1. The van der Waals surface area contributed by atoms with Crippen molar-refractivity contribution in [3.63, 3.8) is 0 Å². The van der Waals surface area contributed by atoms with Gasteiger partial charge in [-0.15, -0.1) is 0 Å². The summed E-state index contributed by atoms with van der Waals surface area (Å²) in [5.74, 6) is 0.339. The average molecular weight is 370 g/mol. The first-order chi connectivity index (χ1) is 12.4. The molecule has 8 heteroatoms. The van der Waals surface area contributed by atoms with E-state index in [0.717, 1.165) is 16.5 Å². The van der Waals surface area contributed by atoms with Gasteiger partial charge < -0.3 is 15.0 Å². The molecule has 3 aromatic rings. The zero-order valence-corrected chi connectivity index (χ0v) is 14.4. The number of rotatable bonds is 3. The number of aromatic amines is 1. The fourth-order valence-corrected chi connectivity index (χ4v) is 3.50. The molecule has 0 saturated heterocycles. The lowest BCUT2D eigenvalue weighted by molar-refractivity contribution is -0.110. The summed E-state index contributed by atoms with van der Waals surface area (Å²) in [6.45, 7) is 0. The van der Waals surface area contributed by atoms with E-state index >= 15 is 0 Å². The van der Waals surface area contributed by atoms with E-state index in [9.17, 15) is 17.8 Å². The van der Waals surface area contributed by atoms with E-state index in [1.165, 1.54) is 18.2 Å². The number of carbonyl (C=O) groups is 1. The third-order valence-corrected chi connectivity index (χ3v) is 5.14. The van der Waals surface area contributed by atoms with Gasteiger partial charge in [-0.3, -0.25) is 9.35 Å². The van der Waals surface area contributed by atoms with Gasteiger partial charge in [0, 0.05) is 39.5 Å². The number of benzene rings is 2. The summed E-state index contributed by atoms with van der Waals surface area (Å²) in [4.78, 5) is 15.2. The lowest BCUT2D eigenvalue weighted by atomic mass is 10.0. The second-order valence-corrected chi connectivity index (χ2v) is 7.27. The van der Waals surface area contributed by atoms with Crippen molar-refractivity contribution < 1.29 is 22.5 Å². The summed E-state index contributed by atoms with van der Waals surface area (Å²) < 4.78 is 37.3. The monoisotopic (exact) mass is 370 g/mol. The number of carbonyl (C=O) groups excluding carboxylic acids is 1. The highest BCUT2D eigenvalue weighted by molar-refractivity contribution is 7.85. The second-order valence-electron chi connectivity index (χ2n) is 5.85. The van der Waals surface area contributed by atoms with Crippen LogP contribution in [0.2, 0.25) is 0 Å². The molecule has 1 amide bonds. The van der Waals surface area contributed by atoms with E-state index in [4.69, 9.17) is 4.74 Å². The van der Waals surface area contributed by atoms with Gasteiger partial charge in [0.2, 0.25) is 0 Å². The second kappa shape index (κ2) is 5.72. The van der Waals surface area contributed by atoms with Crippen molar-refractivity contribution in [1.29, 1.82) is 0 Å². The molecule has 2 heterocycles. The molecular weight excluding hydrogens is 356 g/mol.